The van der Waals surface area contributed by atoms with Gasteiger partial charge in [0.2, 0.25) is 5.91 Å². The fourth-order valence-electron chi connectivity index (χ4n) is 4.42. The third-order valence-corrected chi connectivity index (χ3v) is 7.12. The molecule has 6 nitrogen and oxygen atoms in total. The van der Waals surface area contributed by atoms with Crippen LogP contribution in [0, 0.1) is 13.8 Å². The number of anilines is 2. The normalized spacial score (nSPS) is 12.7. The molecule has 0 fully saturated rings. The molecule has 7 heteroatoms. The molecule has 1 aliphatic carbocycles. The van der Waals surface area contributed by atoms with Crippen molar-refractivity contribution in [2.45, 2.75) is 65.9 Å². The molecule has 1 aliphatic rings. The highest BCUT2D eigenvalue weighted by Gasteiger charge is 2.20. The van der Waals surface area contributed by atoms with Gasteiger partial charge < -0.3 is 4.74 Å². The summed E-state index contributed by atoms with van der Waals surface area (Å²) < 4.78 is 5.35. The molecule has 0 aliphatic heterocycles. The van der Waals surface area contributed by atoms with Gasteiger partial charge in [-0.1, -0.05) is 29.8 Å². The number of thiazole rings is 1. The van der Waals surface area contributed by atoms with Gasteiger partial charge in [0, 0.05) is 24.3 Å². The molecule has 1 aromatic heterocycles. The summed E-state index contributed by atoms with van der Waals surface area (Å²) in [7, 11) is 0. The number of esters is 1. The second-order valence-corrected chi connectivity index (χ2v) is 9.88. The molecule has 0 saturated carbocycles. The Morgan fingerprint density at radius 3 is 2.51 bits per heavy atom. The minimum atomic E-state index is -0.441. The van der Waals surface area contributed by atoms with Crippen LogP contribution < -0.4 is 4.90 Å². The number of ketones is 1. The molecule has 1 heterocycles. The summed E-state index contributed by atoms with van der Waals surface area (Å²) in [5.41, 5.74) is 6.69. The fraction of sp³-hybridized carbons (Fsp3) is 0.357. The molecular formula is C28H30N2O4S. The molecule has 182 valence electrons. The average molecular weight is 491 g/mol. The van der Waals surface area contributed by atoms with Crippen molar-refractivity contribution in [3.05, 3.63) is 75.3 Å². The van der Waals surface area contributed by atoms with Crippen LogP contribution in [0.4, 0.5) is 10.8 Å². The van der Waals surface area contributed by atoms with E-state index in [9.17, 15) is 14.4 Å². The zero-order chi connectivity index (χ0) is 24.9. The summed E-state index contributed by atoms with van der Waals surface area (Å²) in [4.78, 5) is 43.3. The summed E-state index contributed by atoms with van der Waals surface area (Å²) >= 11 is 1.32. The highest BCUT2D eigenvalue weighted by Crippen LogP contribution is 2.32. The van der Waals surface area contributed by atoms with Gasteiger partial charge in [-0.15, -0.1) is 11.3 Å². The SMILES string of the molecule is CC(=O)N(c1nc(COC(=O)CCC(=O)c2ccc3c(c2)CCCC3)cs1)c1ccc(C)cc1C. The molecule has 1 amide bonds. The zero-order valence-electron chi connectivity index (χ0n) is 20.4. The summed E-state index contributed by atoms with van der Waals surface area (Å²) in [5.74, 6) is -0.629. The maximum atomic E-state index is 12.6. The molecular weight excluding hydrogens is 460 g/mol. The van der Waals surface area contributed by atoms with Gasteiger partial charge in [-0.2, -0.15) is 0 Å². The fourth-order valence-corrected chi connectivity index (χ4v) is 5.29. The number of ether oxygens (including phenoxy) is 1. The van der Waals surface area contributed by atoms with E-state index in [1.54, 1.807) is 10.3 Å². The van der Waals surface area contributed by atoms with Crippen molar-refractivity contribution in [2.24, 2.45) is 0 Å². The van der Waals surface area contributed by atoms with Crippen LogP contribution in [-0.2, 0) is 33.8 Å². The van der Waals surface area contributed by atoms with Gasteiger partial charge in [0.1, 0.15) is 6.61 Å². The van der Waals surface area contributed by atoms with Crippen LogP contribution in [0.5, 0.6) is 0 Å². The number of nitrogens with zero attached hydrogens (tertiary/aromatic N) is 2. The number of aromatic nitrogens is 1. The molecule has 0 bridgehead atoms. The molecule has 0 atom stereocenters. The first-order valence-electron chi connectivity index (χ1n) is 11.9. The molecule has 0 radical (unpaired) electrons. The van der Waals surface area contributed by atoms with Crippen LogP contribution >= 0.6 is 11.3 Å². The second-order valence-electron chi connectivity index (χ2n) is 9.04. The van der Waals surface area contributed by atoms with Crippen LogP contribution in [0.2, 0.25) is 0 Å². The largest absolute Gasteiger partial charge is 0.459 e. The van der Waals surface area contributed by atoms with E-state index in [0.717, 1.165) is 36.1 Å². The molecule has 2 aromatic carbocycles. The maximum Gasteiger partial charge on any atom is 0.306 e. The van der Waals surface area contributed by atoms with Crippen molar-refractivity contribution < 1.29 is 19.1 Å². The van der Waals surface area contributed by atoms with Gasteiger partial charge in [0.05, 0.1) is 17.8 Å². The van der Waals surface area contributed by atoms with Crippen molar-refractivity contribution in [1.29, 1.82) is 0 Å². The Kier molecular flexibility index (Phi) is 7.76. The van der Waals surface area contributed by atoms with Gasteiger partial charge >= 0.3 is 5.97 Å². The van der Waals surface area contributed by atoms with Gasteiger partial charge in [0.15, 0.2) is 10.9 Å². The van der Waals surface area contributed by atoms with Crippen molar-refractivity contribution in [1.82, 2.24) is 4.98 Å². The van der Waals surface area contributed by atoms with Gasteiger partial charge in [-0.3, -0.25) is 19.3 Å². The third kappa shape index (κ3) is 6.03. The Morgan fingerprint density at radius 2 is 1.77 bits per heavy atom. The predicted molar refractivity (Wildman–Crippen MR) is 137 cm³/mol. The smallest absolute Gasteiger partial charge is 0.306 e. The Bertz CT molecular complexity index is 1260. The molecule has 4 rings (SSSR count). The molecule has 0 N–H and O–H groups in total. The monoisotopic (exact) mass is 490 g/mol. The van der Waals surface area contributed by atoms with Crippen LogP contribution in [0.15, 0.2) is 41.8 Å². The van der Waals surface area contributed by atoms with E-state index < -0.39 is 5.97 Å². The lowest BCUT2D eigenvalue weighted by Gasteiger charge is -2.20. The number of rotatable bonds is 8. The number of carbonyl (C=O) groups is 3. The first-order chi connectivity index (χ1) is 16.8. The van der Waals surface area contributed by atoms with E-state index in [2.05, 4.69) is 4.98 Å². The van der Waals surface area contributed by atoms with E-state index in [0.29, 0.717) is 16.4 Å². The van der Waals surface area contributed by atoms with Crippen LogP contribution in [0.25, 0.3) is 0 Å². The first kappa shape index (κ1) is 24.8. The van der Waals surface area contributed by atoms with Gasteiger partial charge in [-0.05, 0) is 68.4 Å². The van der Waals surface area contributed by atoms with E-state index in [4.69, 9.17) is 4.74 Å². The van der Waals surface area contributed by atoms with Gasteiger partial charge in [-0.25, -0.2) is 4.98 Å². The average Bonchev–Trinajstić information content (AvgIpc) is 3.30. The van der Waals surface area contributed by atoms with Crippen LogP contribution in [-0.4, -0.2) is 22.6 Å². The predicted octanol–water partition coefficient (Wildman–Crippen LogP) is 6.03. The molecule has 0 spiro atoms. The highest BCUT2D eigenvalue weighted by molar-refractivity contribution is 7.14. The summed E-state index contributed by atoms with van der Waals surface area (Å²) in [6, 6.07) is 11.8. The Morgan fingerprint density at radius 1 is 1.00 bits per heavy atom. The number of hydrogen-bond acceptors (Lipinski definition) is 6. The van der Waals surface area contributed by atoms with E-state index in [1.807, 2.05) is 50.2 Å². The quantitative estimate of drug-likeness (QED) is 0.285. The van der Waals surface area contributed by atoms with Crippen molar-refractivity contribution in [3.63, 3.8) is 0 Å². The lowest BCUT2D eigenvalue weighted by atomic mass is 9.89. The Labute approximate surface area is 210 Å². The molecule has 35 heavy (non-hydrogen) atoms. The lowest BCUT2D eigenvalue weighted by molar-refractivity contribution is -0.145. The third-order valence-electron chi connectivity index (χ3n) is 6.25. The Hall–Kier alpha value is -3.32. The minimum absolute atomic E-state index is 0.000986. The van der Waals surface area contributed by atoms with Crippen LogP contribution in [0.3, 0.4) is 0 Å². The number of Topliss-reactive ketones (excluding diaryl/α,β-unsaturated/α-hetero) is 1. The summed E-state index contributed by atoms with van der Waals surface area (Å²) in [6.07, 6.45) is 4.58. The molecule has 3 aromatic rings. The number of benzene rings is 2. The number of aryl methyl sites for hydroxylation is 4. The number of amides is 1. The number of fused-ring (bicyclic) bond motifs is 1. The minimum Gasteiger partial charge on any atom is -0.459 e. The first-order valence-corrected chi connectivity index (χ1v) is 12.8. The zero-order valence-corrected chi connectivity index (χ0v) is 21.2. The van der Waals surface area contributed by atoms with Gasteiger partial charge in [0.25, 0.3) is 0 Å². The maximum absolute atomic E-state index is 12.6. The summed E-state index contributed by atoms with van der Waals surface area (Å²) in [5, 5.41) is 2.30. The van der Waals surface area contributed by atoms with E-state index in [1.165, 1.54) is 35.8 Å². The number of hydrogen-bond donors (Lipinski definition) is 0. The molecule has 0 saturated heterocycles. The van der Waals surface area contributed by atoms with Crippen molar-refractivity contribution >= 4 is 39.8 Å². The molecule has 0 unspecified atom stereocenters. The topological polar surface area (TPSA) is 76.6 Å². The standard InChI is InChI=1S/C28H30N2O4S/c1-18-8-11-25(19(2)14-18)30(20(3)31)28-29-24(17-35-28)16-34-27(33)13-12-26(32)23-10-9-21-6-4-5-7-22(21)15-23/h8-11,14-15,17H,4-7,12-13,16H2,1-3H3. The highest BCUT2D eigenvalue weighted by atomic mass is 32.1. The second kappa shape index (κ2) is 11.0. The number of carbonyl (C=O) groups excluding carboxylic acids is 3. The van der Waals surface area contributed by atoms with E-state index >= 15 is 0 Å². The van der Waals surface area contributed by atoms with Crippen molar-refractivity contribution in [2.75, 3.05) is 4.90 Å². The lowest BCUT2D eigenvalue weighted by Crippen LogP contribution is -2.23. The summed E-state index contributed by atoms with van der Waals surface area (Å²) in [6.45, 7) is 5.46. The Balaban J connectivity index is 1.32. The van der Waals surface area contributed by atoms with Crippen molar-refractivity contribution in [3.8, 4) is 0 Å². The van der Waals surface area contributed by atoms with E-state index in [-0.39, 0.29) is 31.1 Å². The van der Waals surface area contributed by atoms with Crippen LogP contribution in [0.1, 0.15) is 70.9 Å².